The predicted octanol–water partition coefficient (Wildman–Crippen LogP) is 4.26. The quantitative estimate of drug-likeness (QED) is 0.580. The monoisotopic (exact) mass is 451 g/mol. The Bertz CT molecular complexity index is 1160. The Morgan fingerprint density at radius 1 is 1.09 bits per heavy atom. The Hall–Kier alpha value is -3.39. The number of hydrogen-bond acceptors (Lipinski definition) is 5. The van der Waals surface area contributed by atoms with Crippen molar-refractivity contribution in [1.82, 2.24) is 9.88 Å². The van der Waals surface area contributed by atoms with Gasteiger partial charge in [0, 0.05) is 24.0 Å². The summed E-state index contributed by atoms with van der Waals surface area (Å²) in [6, 6.07) is 18.4. The van der Waals surface area contributed by atoms with Gasteiger partial charge in [0.25, 0.3) is 15.9 Å². The average molecular weight is 452 g/mol. The Morgan fingerprint density at radius 3 is 2.50 bits per heavy atom. The second kappa shape index (κ2) is 9.40. The minimum Gasteiger partial charge on any atom is -0.494 e. The fourth-order valence-corrected chi connectivity index (χ4v) is 4.89. The highest BCUT2D eigenvalue weighted by molar-refractivity contribution is 7.92. The van der Waals surface area contributed by atoms with E-state index in [1.165, 1.54) is 12.1 Å². The van der Waals surface area contributed by atoms with E-state index in [2.05, 4.69) is 9.71 Å². The first-order valence-electron chi connectivity index (χ1n) is 10.6. The van der Waals surface area contributed by atoms with Crippen LogP contribution in [-0.2, 0) is 10.0 Å². The van der Waals surface area contributed by atoms with Crippen LogP contribution in [0.4, 0.5) is 5.69 Å². The molecule has 8 heteroatoms. The molecule has 0 aliphatic carbocycles. The van der Waals surface area contributed by atoms with Gasteiger partial charge in [-0.2, -0.15) is 0 Å². The number of amides is 1. The molecule has 32 heavy (non-hydrogen) atoms. The zero-order chi connectivity index (χ0) is 22.6. The lowest BCUT2D eigenvalue weighted by molar-refractivity contribution is 0.0733. The van der Waals surface area contributed by atoms with E-state index in [-0.39, 0.29) is 16.8 Å². The van der Waals surface area contributed by atoms with Crippen molar-refractivity contribution >= 4 is 21.6 Å². The van der Waals surface area contributed by atoms with Gasteiger partial charge in [0.15, 0.2) is 0 Å². The normalized spacial score (nSPS) is 16.0. The summed E-state index contributed by atoms with van der Waals surface area (Å²) in [6.07, 6.45) is 3.54. The van der Waals surface area contributed by atoms with Crippen LogP contribution in [0, 0.1) is 0 Å². The van der Waals surface area contributed by atoms with Gasteiger partial charge < -0.3 is 9.64 Å². The molecule has 1 atom stereocenters. The van der Waals surface area contributed by atoms with Gasteiger partial charge in [0.2, 0.25) is 0 Å². The third kappa shape index (κ3) is 4.75. The maximum Gasteiger partial charge on any atom is 0.261 e. The summed E-state index contributed by atoms with van der Waals surface area (Å²) in [5.74, 6) is 0.527. The highest BCUT2D eigenvalue weighted by Crippen LogP contribution is 2.32. The molecule has 1 aromatic heterocycles. The molecule has 166 valence electrons. The number of likely N-dealkylation sites (tertiary alicyclic amines) is 1. The van der Waals surface area contributed by atoms with Crippen molar-refractivity contribution < 1.29 is 17.9 Å². The smallest absolute Gasteiger partial charge is 0.261 e. The molecule has 0 radical (unpaired) electrons. The molecule has 1 saturated heterocycles. The van der Waals surface area contributed by atoms with E-state index in [0.717, 1.165) is 18.5 Å². The number of ether oxygens (including phenoxy) is 1. The van der Waals surface area contributed by atoms with Crippen LogP contribution in [0.5, 0.6) is 5.75 Å². The van der Waals surface area contributed by atoms with Crippen molar-refractivity contribution in [3.63, 3.8) is 0 Å². The van der Waals surface area contributed by atoms with E-state index in [0.29, 0.717) is 30.2 Å². The number of nitrogens with one attached hydrogen (secondary N) is 1. The maximum atomic E-state index is 13.1. The van der Waals surface area contributed by atoms with Crippen molar-refractivity contribution in [2.45, 2.75) is 30.7 Å². The van der Waals surface area contributed by atoms with Gasteiger partial charge in [-0.25, -0.2) is 8.42 Å². The highest BCUT2D eigenvalue weighted by atomic mass is 32.2. The topological polar surface area (TPSA) is 88.6 Å². The average Bonchev–Trinajstić information content (AvgIpc) is 3.30. The van der Waals surface area contributed by atoms with Crippen molar-refractivity contribution in [1.29, 1.82) is 0 Å². The third-order valence-corrected chi connectivity index (χ3v) is 6.77. The first-order valence-corrected chi connectivity index (χ1v) is 12.0. The standard InChI is InChI=1S/C24H25N3O4S/c1-2-31-20-12-14-21(15-13-20)32(29,30)26-19-10-8-18(9-11-19)24(28)27-17-5-7-23(27)22-6-3-4-16-25-22/h3-4,6,8-16,23,26H,2,5,7,17H2,1H3. The fourth-order valence-electron chi connectivity index (χ4n) is 3.83. The molecule has 1 aliphatic heterocycles. The summed E-state index contributed by atoms with van der Waals surface area (Å²) in [4.78, 5) is 19.5. The number of benzene rings is 2. The number of nitrogens with zero attached hydrogens (tertiary/aromatic N) is 2. The van der Waals surface area contributed by atoms with E-state index >= 15 is 0 Å². The Labute approximate surface area is 188 Å². The first kappa shape index (κ1) is 21.8. The van der Waals surface area contributed by atoms with Crippen molar-refractivity contribution in [2.24, 2.45) is 0 Å². The fraction of sp³-hybridized carbons (Fsp3) is 0.250. The van der Waals surface area contributed by atoms with Crippen LogP contribution >= 0.6 is 0 Å². The van der Waals surface area contributed by atoms with Crippen LogP contribution < -0.4 is 9.46 Å². The summed E-state index contributed by atoms with van der Waals surface area (Å²) >= 11 is 0. The Balaban J connectivity index is 1.46. The molecule has 4 rings (SSSR count). The van der Waals surface area contributed by atoms with Crippen molar-refractivity contribution in [2.75, 3.05) is 17.9 Å². The lowest BCUT2D eigenvalue weighted by atomic mass is 10.1. The summed E-state index contributed by atoms with van der Waals surface area (Å²) in [5, 5.41) is 0. The molecule has 2 aromatic carbocycles. The van der Waals surface area contributed by atoms with Crippen LogP contribution in [0.3, 0.4) is 0 Å². The van der Waals surface area contributed by atoms with Gasteiger partial charge in [-0.05, 0) is 80.4 Å². The van der Waals surface area contributed by atoms with Crippen LogP contribution in [-0.4, -0.2) is 37.4 Å². The second-order valence-corrected chi connectivity index (χ2v) is 9.18. The molecule has 1 amide bonds. The molecular formula is C24H25N3O4S. The second-order valence-electron chi connectivity index (χ2n) is 7.50. The molecule has 1 fully saturated rings. The van der Waals surface area contributed by atoms with Crippen molar-refractivity contribution in [3.8, 4) is 5.75 Å². The lowest BCUT2D eigenvalue weighted by Crippen LogP contribution is -2.30. The molecular weight excluding hydrogens is 426 g/mol. The highest BCUT2D eigenvalue weighted by Gasteiger charge is 2.31. The molecule has 3 aromatic rings. The SMILES string of the molecule is CCOc1ccc(S(=O)(=O)Nc2ccc(C(=O)N3CCCC3c3ccccn3)cc2)cc1. The number of carbonyl (C=O) groups excluding carboxylic acids is 1. The van der Waals surface area contributed by atoms with Gasteiger partial charge in [-0.15, -0.1) is 0 Å². The summed E-state index contributed by atoms with van der Waals surface area (Å²) in [6.45, 7) is 3.05. The summed E-state index contributed by atoms with van der Waals surface area (Å²) < 4.78 is 33.2. The van der Waals surface area contributed by atoms with E-state index in [1.54, 1.807) is 42.6 Å². The van der Waals surface area contributed by atoms with Crippen molar-refractivity contribution in [3.05, 3.63) is 84.2 Å². The molecule has 2 heterocycles. The van der Waals surface area contributed by atoms with Gasteiger partial charge in [-0.1, -0.05) is 6.07 Å². The molecule has 1 unspecified atom stereocenters. The third-order valence-electron chi connectivity index (χ3n) is 5.37. The number of carbonyl (C=O) groups is 1. The molecule has 1 aliphatic rings. The van der Waals surface area contributed by atoms with E-state index in [1.807, 2.05) is 30.0 Å². The number of sulfonamides is 1. The number of anilines is 1. The van der Waals surface area contributed by atoms with Gasteiger partial charge in [0.1, 0.15) is 5.75 Å². The number of aromatic nitrogens is 1. The van der Waals surface area contributed by atoms with E-state index in [9.17, 15) is 13.2 Å². The summed E-state index contributed by atoms with van der Waals surface area (Å²) in [7, 11) is -3.75. The number of rotatable bonds is 7. The zero-order valence-corrected chi connectivity index (χ0v) is 18.6. The molecule has 0 saturated carbocycles. The summed E-state index contributed by atoms with van der Waals surface area (Å²) in [5.41, 5.74) is 1.79. The van der Waals surface area contributed by atoms with Crippen LogP contribution in [0.25, 0.3) is 0 Å². The number of pyridine rings is 1. The zero-order valence-electron chi connectivity index (χ0n) is 17.8. The lowest BCUT2D eigenvalue weighted by Gasteiger charge is -2.24. The van der Waals surface area contributed by atoms with Crippen LogP contribution in [0.15, 0.2) is 77.8 Å². The van der Waals surface area contributed by atoms with Gasteiger partial charge in [0.05, 0.1) is 23.2 Å². The van der Waals surface area contributed by atoms with E-state index in [4.69, 9.17) is 4.74 Å². The minimum atomic E-state index is -3.75. The van der Waals surface area contributed by atoms with Gasteiger partial charge >= 0.3 is 0 Å². The maximum absolute atomic E-state index is 13.1. The molecule has 0 bridgehead atoms. The van der Waals surface area contributed by atoms with Crippen LogP contribution in [0.1, 0.15) is 41.9 Å². The Kier molecular flexibility index (Phi) is 6.41. The number of hydrogen-bond donors (Lipinski definition) is 1. The Morgan fingerprint density at radius 2 is 1.84 bits per heavy atom. The van der Waals surface area contributed by atoms with Crippen LogP contribution in [0.2, 0.25) is 0 Å². The molecule has 0 spiro atoms. The minimum absolute atomic E-state index is 0.0402. The molecule has 1 N–H and O–H groups in total. The largest absolute Gasteiger partial charge is 0.494 e. The molecule has 7 nitrogen and oxygen atoms in total. The van der Waals surface area contributed by atoms with E-state index < -0.39 is 10.0 Å². The van der Waals surface area contributed by atoms with Gasteiger partial charge in [-0.3, -0.25) is 14.5 Å². The first-order chi connectivity index (χ1) is 15.5. The predicted molar refractivity (Wildman–Crippen MR) is 122 cm³/mol.